The Morgan fingerprint density at radius 3 is 2.75 bits per heavy atom. The highest BCUT2D eigenvalue weighted by atomic mass is 16.3. The fraction of sp³-hybridized carbons (Fsp3) is 0.421. The lowest BCUT2D eigenvalue weighted by atomic mass is 10.0. The van der Waals surface area contributed by atoms with Gasteiger partial charge in [-0.25, -0.2) is 0 Å². The standard InChI is InChI=1S/C19H26N4O/c1-13(2)23-11-16(10-21-23)14(3)22-17(12-24)8-15-9-20-19-7-5-4-6-18(15)19/h4-7,9-11,13-14,17,20,22,24H,8,12H2,1-3H3/t14-,17-/m1/s1. The molecule has 0 bridgehead atoms. The third-order valence-electron chi connectivity index (χ3n) is 4.50. The minimum atomic E-state index is 0.00149. The second-order valence-corrected chi connectivity index (χ2v) is 6.68. The van der Waals surface area contributed by atoms with Crippen LogP contribution in [0.15, 0.2) is 42.9 Å². The molecule has 0 fully saturated rings. The first-order valence-corrected chi connectivity index (χ1v) is 8.54. The quantitative estimate of drug-likeness (QED) is 0.625. The highest BCUT2D eigenvalue weighted by molar-refractivity contribution is 5.83. The molecule has 0 aliphatic heterocycles. The van der Waals surface area contributed by atoms with Gasteiger partial charge in [0.2, 0.25) is 0 Å². The Morgan fingerprint density at radius 1 is 1.25 bits per heavy atom. The van der Waals surface area contributed by atoms with Gasteiger partial charge in [0.1, 0.15) is 0 Å². The molecule has 0 saturated carbocycles. The number of hydrogen-bond acceptors (Lipinski definition) is 3. The molecular weight excluding hydrogens is 300 g/mol. The molecule has 0 spiro atoms. The second-order valence-electron chi connectivity index (χ2n) is 6.68. The van der Waals surface area contributed by atoms with Crippen molar-refractivity contribution < 1.29 is 5.11 Å². The van der Waals surface area contributed by atoms with Crippen LogP contribution in [0.2, 0.25) is 0 Å². The minimum absolute atomic E-state index is 0.00149. The highest BCUT2D eigenvalue weighted by Crippen LogP contribution is 2.20. The van der Waals surface area contributed by atoms with E-state index >= 15 is 0 Å². The largest absolute Gasteiger partial charge is 0.395 e. The van der Waals surface area contributed by atoms with Crippen LogP contribution in [0.4, 0.5) is 0 Å². The van der Waals surface area contributed by atoms with Gasteiger partial charge in [0.15, 0.2) is 0 Å². The molecular formula is C19H26N4O. The molecule has 0 radical (unpaired) electrons. The molecule has 2 atom stereocenters. The molecule has 3 rings (SSSR count). The number of benzene rings is 1. The molecule has 3 aromatic rings. The smallest absolute Gasteiger partial charge is 0.0588 e. The average molecular weight is 326 g/mol. The molecule has 1 aromatic carbocycles. The number of aliphatic hydroxyl groups excluding tert-OH is 1. The Bertz CT molecular complexity index is 789. The van der Waals surface area contributed by atoms with Gasteiger partial charge >= 0.3 is 0 Å². The molecule has 5 heteroatoms. The Balaban J connectivity index is 1.69. The van der Waals surface area contributed by atoms with E-state index < -0.39 is 0 Å². The van der Waals surface area contributed by atoms with E-state index in [9.17, 15) is 5.11 Å². The Kier molecular flexibility index (Phi) is 5.02. The number of para-hydroxylation sites is 1. The van der Waals surface area contributed by atoms with Crippen LogP contribution < -0.4 is 5.32 Å². The van der Waals surface area contributed by atoms with Crippen LogP contribution in [0.25, 0.3) is 10.9 Å². The van der Waals surface area contributed by atoms with E-state index in [1.807, 2.05) is 29.2 Å². The molecule has 2 heterocycles. The van der Waals surface area contributed by atoms with Gasteiger partial charge in [-0.1, -0.05) is 18.2 Å². The van der Waals surface area contributed by atoms with Crippen LogP contribution >= 0.6 is 0 Å². The lowest BCUT2D eigenvalue weighted by Crippen LogP contribution is -2.36. The van der Waals surface area contributed by atoms with E-state index in [1.54, 1.807) is 0 Å². The van der Waals surface area contributed by atoms with E-state index in [0.717, 1.165) is 17.5 Å². The summed E-state index contributed by atoms with van der Waals surface area (Å²) in [4.78, 5) is 3.30. The first kappa shape index (κ1) is 16.7. The predicted molar refractivity (Wildman–Crippen MR) is 97.0 cm³/mol. The molecule has 0 unspecified atom stereocenters. The Hall–Kier alpha value is -2.11. The predicted octanol–water partition coefficient (Wildman–Crippen LogP) is 3.20. The summed E-state index contributed by atoms with van der Waals surface area (Å²) in [6.45, 7) is 6.44. The normalized spacial score (nSPS) is 14.4. The zero-order valence-electron chi connectivity index (χ0n) is 14.5. The number of fused-ring (bicyclic) bond motifs is 1. The fourth-order valence-corrected chi connectivity index (χ4v) is 3.05. The maximum absolute atomic E-state index is 9.79. The zero-order valence-corrected chi connectivity index (χ0v) is 14.5. The number of rotatable bonds is 7. The van der Waals surface area contributed by atoms with Gasteiger partial charge in [0, 0.05) is 47.0 Å². The summed E-state index contributed by atoms with van der Waals surface area (Å²) < 4.78 is 1.96. The lowest BCUT2D eigenvalue weighted by molar-refractivity contribution is 0.233. The summed E-state index contributed by atoms with van der Waals surface area (Å²) in [5.74, 6) is 0. The van der Waals surface area contributed by atoms with Gasteiger partial charge in [-0.3, -0.25) is 4.68 Å². The van der Waals surface area contributed by atoms with Gasteiger partial charge in [-0.15, -0.1) is 0 Å². The topological polar surface area (TPSA) is 65.9 Å². The lowest BCUT2D eigenvalue weighted by Gasteiger charge is -2.21. The molecule has 24 heavy (non-hydrogen) atoms. The summed E-state index contributed by atoms with van der Waals surface area (Å²) in [7, 11) is 0. The van der Waals surface area contributed by atoms with Crippen molar-refractivity contribution in [1.29, 1.82) is 0 Å². The number of nitrogens with zero attached hydrogens (tertiary/aromatic N) is 2. The van der Waals surface area contributed by atoms with Crippen LogP contribution in [-0.2, 0) is 6.42 Å². The van der Waals surface area contributed by atoms with Crippen molar-refractivity contribution in [2.75, 3.05) is 6.61 Å². The van der Waals surface area contributed by atoms with Gasteiger partial charge in [-0.05, 0) is 38.8 Å². The summed E-state index contributed by atoms with van der Waals surface area (Å²) in [5.41, 5.74) is 3.50. The average Bonchev–Trinajstić information content (AvgIpc) is 3.22. The van der Waals surface area contributed by atoms with E-state index in [2.05, 4.69) is 54.5 Å². The molecule has 0 aliphatic rings. The van der Waals surface area contributed by atoms with Gasteiger partial charge < -0.3 is 15.4 Å². The third kappa shape index (κ3) is 3.52. The van der Waals surface area contributed by atoms with Crippen LogP contribution in [-0.4, -0.2) is 32.5 Å². The third-order valence-corrected chi connectivity index (χ3v) is 4.50. The Morgan fingerprint density at radius 2 is 2.04 bits per heavy atom. The molecule has 3 N–H and O–H groups in total. The van der Waals surface area contributed by atoms with Gasteiger partial charge in [-0.2, -0.15) is 5.10 Å². The summed E-state index contributed by atoms with van der Waals surface area (Å²) in [6, 6.07) is 8.75. The fourth-order valence-electron chi connectivity index (χ4n) is 3.05. The van der Waals surface area contributed by atoms with Crippen molar-refractivity contribution in [3.8, 4) is 0 Å². The van der Waals surface area contributed by atoms with Crippen LogP contribution in [0.1, 0.15) is 44.0 Å². The van der Waals surface area contributed by atoms with Crippen molar-refractivity contribution in [2.24, 2.45) is 0 Å². The molecule has 0 saturated heterocycles. The Labute approximate surface area is 142 Å². The number of nitrogens with one attached hydrogen (secondary N) is 2. The van der Waals surface area contributed by atoms with E-state index in [4.69, 9.17) is 0 Å². The minimum Gasteiger partial charge on any atom is -0.395 e. The number of aromatic nitrogens is 3. The van der Waals surface area contributed by atoms with Crippen molar-refractivity contribution >= 4 is 10.9 Å². The van der Waals surface area contributed by atoms with Gasteiger partial charge in [0.05, 0.1) is 12.8 Å². The van der Waals surface area contributed by atoms with Crippen LogP contribution in [0.3, 0.4) is 0 Å². The summed E-state index contributed by atoms with van der Waals surface area (Å²) in [6.07, 6.45) is 6.79. The molecule has 128 valence electrons. The zero-order chi connectivity index (χ0) is 17.1. The number of H-pyrrole nitrogens is 1. The summed E-state index contributed by atoms with van der Waals surface area (Å²) in [5, 5.41) is 18.9. The highest BCUT2D eigenvalue weighted by Gasteiger charge is 2.16. The molecule has 5 nitrogen and oxygen atoms in total. The molecule has 0 amide bonds. The van der Waals surface area contributed by atoms with E-state index in [1.165, 1.54) is 10.9 Å². The van der Waals surface area contributed by atoms with E-state index in [0.29, 0.717) is 6.04 Å². The van der Waals surface area contributed by atoms with Crippen LogP contribution in [0.5, 0.6) is 0 Å². The number of hydrogen-bond donors (Lipinski definition) is 3. The van der Waals surface area contributed by atoms with Crippen molar-refractivity contribution in [1.82, 2.24) is 20.1 Å². The first-order valence-electron chi connectivity index (χ1n) is 8.54. The monoisotopic (exact) mass is 326 g/mol. The maximum Gasteiger partial charge on any atom is 0.0588 e. The number of aliphatic hydroxyl groups is 1. The molecule has 2 aromatic heterocycles. The van der Waals surface area contributed by atoms with Crippen molar-refractivity contribution in [3.63, 3.8) is 0 Å². The number of aromatic amines is 1. The maximum atomic E-state index is 9.79. The van der Waals surface area contributed by atoms with Crippen molar-refractivity contribution in [3.05, 3.63) is 54.0 Å². The van der Waals surface area contributed by atoms with Gasteiger partial charge in [0.25, 0.3) is 0 Å². The van der Waals surface area contributed by atoms with Crippen molar-refractivity contribution in [2.45, 2.75) is 45.3 Å². The SMILES string of the molecule is CC(C)n1cc([C@@H](C)N[C@@H](CO)Cc2c[nH]c3ccccc23)cn1. The van der Waals surface area contributed by atoms with E-state index in [-0.39, 0.29) is 18.7 Å². The molecule has 0 aliphatic carbocycles. The second kappa shape index (κ2) is 7.20. The summed E-state index contributed by atoms with van der Waals surface area (Å²) >= 11 is 0. The first-order chi connectivity index (χ1) is 11.6. The van der Waals surface area contributed by atoms with Crippen LogP contribution in [0, 0.1) is 0 Å².